The number of nitriles is 1. The molecule has 21 heavy (non-hydrogen) atoms. The van der Waals surface area contributed by atoms with Gasteiger partial charge < -0.3 is 9.47 Å². The van der Waals surface area contributed by atoms with E-state index in [0.717, 1.165) is 0 Å². The Morgan fingerprint density at radius 1 is 1.10 bits per heavy atom. The second-order valence-corrected chi connectivity index (χ2v) is 4.45. The van der Waals surface area contributed by atoms with Gasteiger partial charge in [0.15, 0.2) is 0 Å². The predicted molar refractivity (Wildman–Crippen MR) is 82.1 cm³/mol. The SMILES string of the molecule is COc1cccc(OC)c1/C(Cl)=C(/C#N)c1ccncc1. The normalized spacial score (nSPS) is 11.3. The fourth-order valence-electron chi connectivity index (χ4n) is 1.95. The number of benzene rings is 1. The molecule has 106 valence electrons. The third kappa shape index (κ3) is 2.99. The molecule has 1 heterocycles. The highest BCUT2D eigenvalue weighted by molar-refractivity contribution is 6.54. The Balaban J connectivity index is 2.70. The number of rotatable bonds is 4. The summed E-state index contributed by atoms with van der Waals surface area (Å²) >= 11 is 6.45. The Hall–Kier alpha value is -2.51. The van der Waals surface area contributed by atoms with E-state index in [0.29, 0.717) is 28.2 Å². The number of ether oxygens (including phenoxy) is 2. The van der Waals surface area contributed by atoms with Gasteiger partial charge in [0.05, 0.1) is 30.4 Å². The quantitative estimate of drug-likeness (QED) is 0.807. The van der Waals surface area contributed by atoms with Gasteiger partial charge in [0.2, 0.25) is 0 Å². The summed E-state index contributed by atoms with van der Waals surface area (Å²) < 4.78 is 10.6. The molecule has 2 rings (SSSR count). The molecule has 0 bridgehead atoms. The van der Waals surface area contributed by atoms with E-state index in [4.69, 9.17) is 21.1 Å². The second-order valence-electron chi connectivity index (χ2n) is 4.07. The number of nitrogens with zero attached hydrogens (tertiary/aromatic N) is 2. The van der Waals surface area contributed by atoms with Gasteiger partial charge in [0.25, 0.3) is 0 Å². The molecule has 4 nitrogen and oxygen atoms in total. The number of allylic oxidation sites excluding steroid dienone is 1. The lowest BCUT2D eigenvalue weighted by molar-refractivity contribution is 0.392. The third-order valence-corrected chi connectivity index (χ3v) is 3.33. The minimum atomic E-state index is 0.276. The van der Waals surface area contributed by atoms with Crippen LogP contribution < -0.4 is 9.47 Å². The summed E-state index contributed by atoms with van der Waals surface area (Å²) in [6.07, 6.45) is 3.21. The molecule has 1 aromatic carbocycles. The minimum absolute atomic E-state index is 0.276. The van der Waals surface area contributed by atoms with Crippen LogP contribution in [-0.4, -0.2) is 19.2 Å². The molecule has 5 heteroatoms. The van der Waals surface area contributed by atoms with Crippen molar-refractivity contribution in [1.82, 2.24) is 4.98 Å². The summed E-state index contributed by atoms with van der Waals surface area (Å²) in [5.74, 6) is 1.09. The standard InChI is InChI=1S/C16H13ClN2O2/c1-20-13-4-3-5-14(21-2)15(13)16(17)12(10-18)11-6-8-19-9-7-11/h3-9H,1-2H3/b16-12+. The van der Waals surface area contributed by atoms with Crippen LogP contribution in [0.2, 0.25) is 0 Å². The summed E-state index contributed by atoms with van der Waals surface area (Å²) in [7, 11) is 3.09. The van der Waals surface area contributed by atoms with E-state index in [1.165, 1.54) is 0 Å². The first kappa shape index (κ1) is 14.9. The van der Waals surface area contributed by atoms with E-state index in [9.17, 15) is 5.26 Å². The van der Waals surface area contributed by atoms with Crippen molar-refractivity contribution in [2.24, 2.45) is 0 Å². The molecule has 0 amide bonds. The van der Waals surface area contributed by atoms with Gasteiger partial charge >= 0.3 is 0 Å². The second kappa shape index (κ2) is 6.78. The highest BCUT2D eigenvalue weighted by Crippen LogP contribution is 2.40. The van der Waals surface area contributed by atoms with Crippen molar-refractivity contribution in [1.29, 1.82) is 5.26 Å². The van der Waals surface area contributed by atoms with Gasteiger partial charge in [-0.1, -0.05) is 17.7 Å². The van der Waals surface area contributed by atoms with E-state index < -0.39 is 0 Å². The zero-order valence-corrected chi connectivity index (χ0v) is 12.4. The zero-order valence-electron chi connectivity index (χ0n) is 11.6. The molecule has 0 radical (unpaired) electrons. The maximum atomic E-state index is 9.44. The average Bonchev–Trinajstić information content (AvgIpc) is 2.55. The number of methoxy groups -OCH3 is 2. The minimum Gasteiger partial charge on any atom is -0.496 e. The molecule has 0 fully saturated rings. The maximum Gasteiger partial charge on any atom is 0.131 e. The maximum absolute atomic E-state index is 9.44. The van der Waals surface area contributed by atoms with Crippen LogP contribution in [0.15, 0.2) is 42.7 Å². The van der Waals surface area contributed by atoms with E-state index in [1.807, 2.05) is 0 Å². The van der Waals surface area contributed by atoms with Gasteiger partial charge in [-0.25, -0.2) is 0 Å². The summed E-state index contributed by atoms with van der Waals surface area (Å²) in [5.41, 5.74) is 1.57. The fraction of sp³-hybridized carbons (Fsp3) is 0.125. The summed E-state index contributed by atoms with van der Waals surface area (Å²) in [4.78, 5) is 3.94. The van der Waals surface area contributed by atoms with Crippen LogP contribution in [0, 0.1) is 11.3 Å². The lowest BCUT2D eigenvalue weighted by atomic mass is 10.0. The fourth-order valence-corrected chi connectivity index (χ4v) is 2.29. The van der Waals surface area contributed by atoms with E-state index in [2.05, 4.69) is 11.1 Å². The number of halogens is 1. The Bertz CT molecular complexity index is 684. The summed E-state index contributed by atoms with van der Waals surface area (Å²) in [6, 6.07) is 10.9. The van der Waals surface area contributed by atoms with E-state index in [-0.39, 0.29) is 5.03 Å². The van der Waals surface area contributed by atoms with Gasteiger partial charge in [0, 0.05) is 12.4 Å². The molecule has 0 atom stereocenters. The van der Waals surface area contributed by atoms with Crippen LogP contribution in [0.1, 0.15) is 11.1 Å². The first-order valence-corrected chi connectivity index (χ1v) is 6.52. The number of hydrogen-bond donors (Lipinski definition) is 0. The van der Waals surface area contributed by atoms with Gasteiger partial charge in [-0.15, -0.1) is 0 Å². The highest BCUT2D eigenvalue weighted by Gasteiger charge is 2.18. The highest BCUT2D eigenvalue weighted by atomic mass is 35.5. The van der Waals surface area contributed by atoms with E-state index in [1.54, 1.807) is 56.9 Å². The molecule has 0 spiro atoms. The van der Waals surface area contributed by atoms with Crippen molar-refractivity contribution in [3.8, 4) is 17.6 Å². The first-order chi connectivity index (χ1) is 10.2. The van der Waals surface area contributed by atoms with Crippen molar-refractivity contribution in [3.05, 3.63) is 53.9 Å². The lowest BCUT2D eigenvalue weighted by Crippen LogP contribution is -1.96. The van der Waals surface area contributed by atoms with Crippen molar-refractivity contribution >= 4 is 22.2 Å². The van der Waals surface area contributed by atoms with Gasteiger partial charge in [-0.05, 0) is 29.8 Å². The Morgan fingerprint density at radius 2 is 1.67 bits per heavy atom. The van der Waals surface area contributed by atoms with Crippen molar-refractivity contribution < 1.29 is 9.47 Å². The molecule has 0 N–H and O–H groups in total. The first-order valence-electron chi connectivity index (χ1n) is 6.14. The Morgan fingerprint density at radius 3 is 2.14 bits per heavy atom. The third-order valence-electron chi connectivity index (χ3n) is 2.95. The molecule has 0 unspecified atom stereocenters. The molecule has 0 aliphatic heterocycles. The predicted octanol–water partition coefficient (Wildman–Crippen LogP) is 3.73. The van der Waals surface area contributed by atoms with Crippen LogP contribution in [0.25, 0.3) is 10.6 Å². The Kier molecular flexibility index (Phi) is 4.81. The lowest BCUT2D eigenvalue weighted by Gasteiger charge is -2.13. The van der Waals surface area contributed by atoms with Crippen LogP contribution >= 0.6 is 11.6 Å². The largest absolute Gasteiger partial charge is 0.496 e. The molecule has 0 saturated heterocycles. The average molecular weight is 301 g/mol. The Labute approximate surface area is 128 Å². The molecular weight excluding hydrogens is 288 g/mol. The van der Waals surface area contributed by atoms with Crippen LogP contribution in [0.4, 0.5) is 0 Å². The number of aromatic nitrogens is 1. The van der Waals surface area contributed by atoms with Gasteiger partial charge in [-0.2, -0.15) is 5.26 Å². The summed E-state index contributed by atoms with van der Waals surface area (Å²) in [6.45, 7) is 0. The topological polar surface area (TPSA) is 55.1 Å². The molecule has 1 aromatic heterocycles. The monoisotopic (exact) mass is 300 g/mol. The zero-order chi connectivity index (χ0) is 15.2. The molecule has 2 aromatic rings. The van der Waals surface area contributed by atoms with Crippen molar-refractivity contribution in [2.75, 3.05) is 14.2 Å². The molecule has 0 aliphatic carbocycles. The van der Waals surface area contributed by atoms with Crippen LogP contribution in [0.5, 0.6) is 11.5 Å². The van der Waals surface area contributed by atoms with Gasteiger partial charge in [0.1, 0.15) is 17.6 Å². The summed E-state index contributed by atoms with van der Waals surface area (Å²) in [5, 5.41) is 9.72. The number of pyridine rings is 1. The smallest absolute Gasteiger partial charge is 0.131 e. The van der Waals surface area contributed by atoms with Gasteiger partial charge in [-0.3, -0.25) is 4.98 Å². The molecular formula is C16H13ClN2O2. The van der Waals surface area contributed by atoms with E-state index >= 15 is 0 Å². The number of hydrogen-bond acceptors (Lipinski definition) is 4. The van der Waals surface area contributed by atoms with Crippen LogP contribution in [-0.2, 0) is 0 Å². The molecule has 0 aliphatic rings. The van der Waals surface area contributed by atoms with Crippen molar-refractivity contribution in [3.63, 3.8) is 0 Å². The van der Waals surface area contributed by atoms with Crippen molar-refractivity contribution in [2.45, 2.75) is 0 Å². The molecule has 0 saturated carbocycles. The van der Waals surface area contributed by atoms with Crippen LogP contribution in [0.3, 0.4) is 0 Å².